The lowest BCUT2D eigenvalue weighted by molar-refractivity contribution is -0.134. The molecule has 0 saturated heterocycles. The molecule has 0 saturated carbocycles. The first kappa shape index (κ1) is 22.4. The summed E-state index contributed by atoms with van der Waals surface area (Å²) in [5.41, 5.74) is 0. The van der Waals surface area contributed by atoms with Gasteiger partial charge in [-0.1, -0.05) is 65.9 Å². The van der Waals surface area contributed by atoms with Crippen molar-refractivity contribution in [2.24, 2.45) is 0 Å². The van der Waals surface area contributed by atoms with Gasteiger partial charge in [0.15, 0.2) is 8.32 Å². The van der Waals surface area contributed by atoms with Gasteiger partial charge in [0.25, 0.3) is 0 Å². The molecule has 23 heavy (non-hydrogen) atoms. The highest BCUT2D eigenvalue weighted by Crippen LogP contribution is 2.38. The fraction of sp³-hybridized carbons (Fsp3) is 0.842. The maximum atomic E-state index is 11.2. The molecule has 0 unspecified atom stereocenters. The average molecular weight is 343 g/mol. The first-order valence-electron chi connectivity index (χ1n) is 9.06. The SMILES string of the molecule is CCCCCCC[C@H](C/C=C\C(=O)OC)O[Si](C)(C)C(C)(C)C. The van der Waals surface area contributed by atoms with E-state index in [1.165, 1.54) is 45.3 Å². The summed E-state index contributed by atoms with van der Waals surface area (Å²) in [6.07, 6.45) is 11.8. The van der Waals surface area contributed by atoms with Crippen molar-refractivity contribution in [3.63, 3.8) is 0 Å². The van der Waals surface area contributed by atoms with E-state index in [-0.39, 0.29) is 17.1 Å². The maximum absolute atomic E-state index is 11.2. The molecule has 0 rings (SSSR count). The van der Waals surface area contributed by atoms with Crippen LogP contribution in [-0.2, 0) is 14.0 Å². The van der Waals surface area contributed by atoms with Crippen LogP contribution in [0, 0.1) is 0 Å². The smallest absolute Gasteiger partial charge is 0.330 e. The number of esters is 1. The highest BCUT2D eigenvalue weighted by molar-refractivity contribution is 6.74. The van der Waals surface area contributed by atoms with E-state index < -0.39 is 8.32 Å². The van der Waals surface area contributed by atoms with Crippen LogP contribution in [0.1, 0.15) is 72.6 Å². The molecule has 1 atom stereocenters. The molecule has 0 aliphatic rings. The van der Waals surface area contributed by atoms with Crippen LogP contribution < -0.4 is 0 Å². The van der Waals surface area contributed by atoms with Crippen molar-refractivity contribution < 1.29 is 14.0 Å². The quantitative estimate of drug-likeness (QED) is 0.204. The molecule has 0 bridgehead atoms. The third-order valence-corrected chi connectivity index (χ3v) is 9.29. The number of carbonyl (C=O) groups excluding carboxylic acids is 1. The zero-order valence-electron chi connectivity index (χ0n) is 16.4. The van der Waals surface area contributed by atoms with Gasteiger partial charge in [-0.25, -0.2) is 4.79 Å². The lowest BCUT2D eigenvalue weighted by Crippen LogP contribution is -2.43. The zero-order valence-corrected chi connectivity index (χ0v) is 17.4. The van der Waals surface area contributed by atoms with Crippen LogP contribution in [0.4, 0.5) is 0 Å². The summed E-state index contributed by atoms with van der Waals surface area (Å²) in [5.74, 6) is -0.293. The lowest BCUT2D eigenvalue weighted by Gasteiger charge is -2.39. The van der Waals surface area contributed by atoms with Gasteiger partial charge < -0.3 is 9.16 Å². The van der Waals surface area contributed by atoms with Crippen molar-refractivity contribution in [1.82, 2.24) is 0 Å². The van der Waals surface area contributed by atoms with E-state index in [0.717, 1.165) is 12.8 Å². The molecule has 0 N–H and O–H groups in total. The summed E-state index contributed by atoms with van der Waals surface area (Å²) in [7, 11) is -0.372. The summed E-state index contributed by atoms with van der Waals surface area (Å²) in [5, 5.41) is 0.208. The van der Waals surface area contributed by atoms with Crippen molar-refractivity contribution in [2.75, 3.05) is 7.11 Å². The Labute approximate surface area is 145 Å². The number of methoxy groups -OCH3 is 1. The predicted octanol–water partition coefficient (Wildman–Crippen LogP) is 5.86. The van der Waals surface area contributed by atoms with Gasteiger partial charge >= 0.3 is 5.97 Å². The van der Waals surface area contributed by atoms with Crippen LogP contribution in [0.5, 0.6) is 0 Å². The average Bonchev–Trinajstić information content (AvgIpc) is 2.45. The zero-order chi connectivity index (χ0) is 17.9. The van der Waals surface area contributed by atoms with Crippen molar-refractivity contribution in [1.29, 1.82) is 0 Å². The summed E-state index contributed by atoms with van der Waals surface area (Å²) in [4.78, 5) is 11.2. The first-order valence-corrected chi connectivity index (χ1v) is 12.0. The monoisotopic (exact) mass is 342 g/mol. The highest BCUT2D eigenvalue weighted by atomic mass is 28.4. The second-order valence-electron chi connectivity index (χ2n) is 7.86. The topological polar surface area (TPSA) is 35.5 Å². The molecule has 0 aromatic heterocycles. The third kappa shape index (κ3) is 9.98. The van der Waals surface area contributed by atoms with Gasteiger partial charge in [0.2, 0.25) is 0 Å². The normalized spacial score (nSPS) is 14.2. The van der Waals surface area contributed by atoms with Gasteiger partial charge in [0.1, 0.15) is 0 Å². The van der Waals surface area contributed by atoms with E-state index >= 15 is 0 Å². The van der Waals surface area contributed by atoms with E-state index in [2.05, 4.69) is 45.5 Å². The fourth-order valence-electron chi connectivity index (χ4n) is 2.18. The van der Waals surface area contributed by atoms with Crippen molar-refractivity contribution in [2.45, 2.75) is 96.9 Å². The number of hydrogen-bond donors (Lipinski definition) is 0. The molecule has 0 aliphatic carbocycles. The van der Waals surface area contributed by atoms with Crippen LogP contribution in [-0.4, -0.2) is 27.5 Å². The lowest BCUT2D eigenvalue weighted by atomic mass is 10.1. The largest absolute Gasteiger partial charge is 0.466 e. The molecule has 4 heteroatoms. The Morgan fingerprint density at radius 1 is 1.13 bits per heavy atom. The van der Waals surface area contributed by atoms with Crippen LogP contribution in [0.25, 0.3) is 0 Å². The van der Waals surface area contributed by atoms with Crippen LogP contribution in [0.15, 0.2) is 12.2 Å². The van der Waals surface area contributed by atoms with Crippen molar-refractivity contribution in [3.05, 3.63) is 12.2 Å². The molecular formula is C19H38O3Si. The number of carbonyl (C=O) groups is 1. The molecule has 0 spiro atoms. The number of unbranched alkanes of at least 4 members (excludes halogenated alkanes) is 4. The third-order valence-electron chi connectivity index (χ3n) is 4.75. The molecule has 0 radical (unpaired) electrons. The number of ether oxygens (including phenoxy) is 1. The molecule has 0 amide bonds. The Bertz CT molecular complexity index is 356. The molecule has 0 heterocycles. The minimum atomic E-state index is -1.78. The Morgan fingerprint density at radius 2 is 1.74 bits per heavy atom. The minimum Gasteiger partial charge on any atom is -0.466 e. The summed E-state index contributed by atoms with van der Waals surface area (Å²) in [6.45, 7) is 13.6. The van der Waals surface area contributed by atoms with Crippen LogP contribution in [0.3, 0.4) is 0 Å². The summed E-state index contributed by atoms with van der Waals surface area (Å²) in [6, 6.07) is 0. The van der Waals surface area contributed by atoms with Crippen LogP contribution >= 0.6 is 0 Å². The van der Waals surface area contributed by atoms with E-state index in [1.54, 1.807) is 0 Å². The predicted molar refractivity (Wildman–Crippen MR) is 101 cm³/mol. The minimum absolute atomic E-state index is 0.207. The molecule has 0 aliphatic heterocycles. The van der Waals surface area contributed by atoms with Gasteiger partial charge in [-0.15, -0.1) is 0 Å². The second-order valence-corrected chi connectivity index (χ2v) is 12.6. The standard InChI is InChI=1S/C19H38O3Si/c1-8-9-10-11-12-14-17(15-13-16-18(20)21-5)22-23(6,7)19(2,3)4/h13,16-17H,8-12,14-15H2,1-7H3/b16-13-/t17-/m1/s1. The van der Waals surface area contributed by atoms with E-state index in [0.29, 0.717) is 0 Å². The molecule has 3 nitrogen and oxygen atoms in total. The van der Waals surface area contributed by atoms with Gasteiger partial charge in [-0.05, 0) is 31.0 Å². The fourth-order valence-corrected chi connectivity index (χ4v) is 3.58. The van der Waals surface area contributed by atoms with Crippen molar-refractivity contribution in [3.8, 4) is 0 Å². The van der Waals surface area contributed by atoms with Crippen LogP contribution in [0.2, 0.25) is 18.1 Å². The Kier molecular flexibility index (Phi) is 10.7. The Morgan fingerprint density at radius 3 is 2.26 bits per heavy atom. The summed E-state index contributed by atoms with van der Waals surface area (Å²) < 4.78 is 11.2. The highest BCUT2D eigenvalue weighted by Gasteiger charge is 2.38. The van der Waals surface area contributed by atoms with Gasteiger partial charge in [0.05, 0.1) is 7.11 Å². The molecule has 0 aromatic rings. The van der Waals surface area contributed by atoms with Gasteiger partial charge in [0, 0.05) is 12.2 Å². The van der Waals surface area contributed by atoms with E-state index in [1.807, 2.05) is 6.08 Å². The van der Waals surface area contributed by atoms with Gasteiger partial charge in [-0.2, -0.15) is 0 Å². The Hall–Kier alpha value is -0.613. The first-order chi connectivity index (χ1) is 10.6. The molecule has 0 aromatic carbocycles. The molecule has 0 fully saturated rings. The number of rotatable bonds is 11. The number of hydrogen-bond acceptors (Lipinski definition) is 3. The second kappa shape index (κ2) is 11.0. The van der Waals surface area contributed by atoms with E-state index in [4.69, 9.17) is 4.43 Å². The maximum Gasteiger partial charge on any atom is 0.330 e. The molecular weight excluding hydrogens is 304 g/mol. The van der Waals surface area contributed by atoms with Crippen molar-refractivity contribution >= 4 is 14.3 Å². The molecule has 136 valence electrons. The van der Waals surface area contributed by atoms with E-state index in [9.17, 15) is 4.79 Å². The summed E-state index contributed by atoms with van der Waals surface area (Å²) >= 11 is 0. The Balaban J connectivity index is 4.60. The van der Waals surface area contributed by atoms with Gasteiger partial charge in [-0.3, -0.25) is 0 Å².